The summed E-state index contributed by atoms with van der Waals surface area (Å²) in [6.07, 6.45) is 1.62. The van der Waals surface area contributed by atoms with Gasteiger partial charge in [0.25, 0.3) is 5.91 Å². The lowest BCUT2D eigenvalue weighted by Gasteiger charge is -2.06. The van der Waals surface area contributed by atoms with Crippen LogP contribution in [0.4, 0.5) is 4.39 Å². The normalized spacial score (nSPS) is 10.5. The van der Waals surface area contributed by atoms with Crippen LogP contribution in [-0.2, 0) is 4.79 Å². The van der Waals surface area contributed by atoms with Crippen molar-refractivity contribution in [1.82, 2.24) is 20.4 Å². The molecule has 2 amide bonds. The minimum Gasteiger partial charge on any atom is -0.355 e. The lowest BCUT2D eigenvalue weighted by Crippen LogP contribution is -2.33. The van der Waals surface area contributed by atoms with E-state index in [9.17, 15) is 14.0 Å². The quantitative estimate of drug-likeness (QED) is 0.646. The molecule has 0 radical (unpaired) electrons. The number of hydrogen-bond acceptors (Lipinski definition) is 3. The van der Waals surface area contributed by atoms with E-state index in [-0.39, 0.29) is 17.6 Å². The Labute approximate surface area is 162 Å². The van der Waals surface area contributed by atoms with Crippen molar-refractivity contribution in [2.45, 2.75) is 13.8 Å². The fraction of sp³-hybridized carbons (Fsp3) is 0.190. The summed E-state index contributed by atoms with van der Waals surface area (Å²) >= 11 is 0. The number of nitrogens with zero attached hydrogens (tertiary/aromatic N) is 2. The fourth-order valence-corrected chi connectivity index (χ4v) is 2.70. The van der Waals surface area contributed by atoms with Crippen LogP contribution in [0.3, 0.4) is 0 Å². The van der Waals surface area contributed by atoms with Gasteiger partial charge < -0.3 is 10.6 Å². The van der Waals surface area contributed by atoms with Gasteiger partial charge in [-0.2, -0.15) is 5.10 Å². The van der Waals surface area contributed by atoms with Crippen LogP contribution in [0.1, 0.15) is 22.8 Å². The number of amides is 2. The molecule has 0 bridgehead atoms. The molecule has 2 aromatic carbocycles. The summed E-state index contributed by atoms with van der Waals surface area (Å²) in [7, 11) is 0. The molecule has 28 heavy (non-hydrogen) atoms. The van der Waals surface area contributed by atoms with Gasteiger partial charge in [-0.1, -0.05) is 29.8 Å². The number of aromatic nitrogens is 2. The van der Waals surface area contributed by atoms with E-state index in [1.807, 2.05) is 31.2 Å². The highest BCUT2D eigenvalue weighted by atomic mass is 19.1. The SMILES string of the molecule is CC(=O)NCCNC(=O)c1cn(-c2ccc(F)cc2)nc1-c1ccc(C)cc1. The zero-order valence-electron chi connectivity index (χ0n) is 15.7. The largest absolute Gasteiger partial charge is 0.355 e. The van der Waals surface area contributed by atoms with Gasteiger partial charge in [0, 0.05) is 31.8 Å². The van der Waals surface area contributed by atoms with E-state index in [0.717, 1.165) is 11.1 Å². The van der Waals surface area contributed by atoms with Crippen LogP contribution < -0.4 is 10.6 Å². The average Bonchev–Trinajstić information content (AvgIpc) is 3.11. The molecule has 1 aromatic heterocycles. The maximum atomic E-state index is 13.2. The molecule has 0 saturated heterocycles. The van der Waals surface area contributed by atoms with Crippen LogP contribution in [0.5, 0.6) is 0 Å². The minimum atomic E-state index is -0.342. The topological polar surface area (TPSA) is 76.0 Å². The van der Waals surface area contributed by atoms with Crippen molar-refractivity contribution in [3.63, 3.8) is 0 Å². The zero-order valence-corrected chi connectivity index (χ0v) is 15.7. The molecule has 0 fully saturated rings. The predicted molar refractivity (Wildman–Crippen MR) is 105 cm³/mol. The van der Waals surface area contributed by atoms with Gasteiger partial charge in [0.15, 0.2) is 0 Å². The van der Waals surface area contributed by atoms with E-state index >= 15 is 0 Å². The summed E-state index contributed by atoms with van der Waals surface area (Å²) in [6, 6.07) is 13.6. The molecule has 0 aliphatic heterocycles. The molecule has 0 saturated carbocycles. The number of nitrogens with one attached hydrogen (secondary N) is 2. The Morgan fingerprint density at radius 1 is 1.00 bits per heavy atom. The zero-order chi connectivity index (χ0) is 20.1. The number of carbonyl (C=O) groups is 2. The number of rotatable bonds is 6. The number of hydrogen-bond donors (Lipinski definition) is 2. The Morgan fingerprint density at radius 3 is 2.29 bits per heavy atom. The number of halogens is 1. The fourth-order valence-electron chi connectivity index (χ4n) is 2.70. The van der Waals surface area contributed by atoms with Crippen LogP contribution in [-0.4, -0.2) is 34.7 Å². The van der Waals surface area contributed by atoms with Crippen LogP contribution in [0.25, 0.3) is 16.9 Å². The molecule has 0 unspecified atom stereocenters. The summed E-state index contributed by atoms with van der Waals surface area (Å²) in [6.45, 7) is 4.04. The summed E-state index contributed by atoms with van der Waals surface area (Å²) in [5, 5.41) is 9.97. The number of aryl methyl sites for hydroxylation is 1. The lowest BCUT2D eigenvalue weighted by molar-refractivity contribution is -0.118. The first kappa shape index (κ1) is 19.3. The van der Waals surface area contributed by atoms with Crippen LogP contribution in [0.15, 0.2) is 54.7 Å². The van der Waals surface area contributed by atoms with Crippen molar-refractivity contribution < 1.29 is 14.0 Å². The van der Waals surface area contributed by atoms with Gasteiger partial charge >= 0.3 is 0 Å². The third-order valence-electron chi connectivity index (χ3n) is 4.16. The predicted octanol–water partition coefficient (Wildman–Crippen LogP) is 2.85. The number of carbonyl (C=O) groups excluding carboxylic acids is 2. The summed E-state index contributed by atoms with van der Waals surface area (Å²) in [4.78, 5) is 23.7. The third-order valence-corrected chi connectivity index (χ3v) is 4.16. The van der Waals surface area contributed by atoms with Crippen molar-refractivity contribution in [2.24, 2.45) is 0 Å². The van der Waals surface area contributed by atoms with Gasteiger partial charge in [-0.25, -0.2) is 9.07 Å². The molecule has 0 spiro atoms. The van der Waals surface area contributed by atoms with E-state index < -0.39 is 0 Å². The van der Waals surface area contributed by atoms with Crippen LogP contribution >= 0.6 is 0 Å². The van der Waals surface area contributed by atoms with E-state index in [4.69, 9.17) is 0 Å². The van der Waals surface area contributed by atoms with Crippen LogP contribution in [0, 0.1) is 12.7 Å². The molecule has 2 N–H and O–H groups in total. The van der Waals surface area contributed by atoms with Gasteiger partial charge in [-0.15, -0.1) is 0 Å². The average molecular weight is 380 g/mol. The molecule has 3 rings (SSSR count). The Morgan fingerprint density at radius 2 is 1.64 bits per heavy atom. The highest BCUT2D eigenvalue weighted by Crippen LogP contribution is 2.24. The standard InChI is InChI=1S/C21H21FN4O2/c1-14-3-5-16(6-4-14)20-19(21(28)24-12-11-23-15(2)27)13-26(25-20)18-9-7-17(22)8-10-18/h3-10,13H,11-12H2,1-2H3,(H,23,27)(H,24,28). The second kappa shape index (κ2) is 8.47. The van der Waals surface area contributed by atoms with Crippen molar-refractivity contribution in [3.05, 3.63) is 71.7 Å². The molecule has 7 heteroatoms. The highest BCUT2D eigenvalue weighted by molar-refractivity contribution is 6.00. The molecule has 144 valence electrons. The van der Waals surface area contributed by atoms with Crippen molar-refractivity contribution in [2.75, 3.05) is 13.1 Å². The van der Waals surface area contributed by atoms with Crippen molar-refractivity contribution in [1.29, 1.82) is 0 Å². The van der Waals surface area contributed by atoms with Crippen molar-refractivity contribution in [3.8, 4) is 16.9 Å². The van der Waals surface area contributed by atoms with Gasteiger partial charge in [0.2, 0.25) is 5.91 Å². The Balaban J connectivity index is 1.91. The molecular weight excluding hydrogens is 359 g/mol. The summed E-state index contributed by atoms with van der Waals surface area (Å²) in [5.41, 5.74) is 3.48. The second-order valence-electron chi connectivity index (χ2n) is 6.42. The highest BCUT2D eigenvalue weighted by Gasteiger charge is 2.18. The molecule has 0 aliphatic carbocycles. The van der Waals surface area contributed by atoms with E-state index in [2.05, 4.69) is 15.7 Å². The summed E-state index contributed by atoms with van der Waals surface area (Å²) in [5.74, 6) is -0.793. The summed E-state index contributed by atoms with van der Waals surface area (Å²) < 4.78 is 14.8. The van der Waals surface area contributed by atoms with Gasteiger partial charge in [-0.3, -0.25) is 9.59 Å². The van der Waals surface area contributed by atoms with E-state index in [1.165, 1.54) is 19.1 Å². The first-order chi connectivity index (χ1) is 13.4. The smallest absolute Gasteiger partial charge is 0.255 e. The first-order valence-electron chi connectivity index (χ1n) is 8.89. The molecule has 0 aliphatic rings. The van der Waals surface area contributed by atoms with E-state index in [1.54, 1.807) is 23.0 Å². The van der Waals surface area contributed by atoms with Gasteiger partial charge in [-0.05, 0) is 31.2 Å². The Bertz CT molecular complexity index is 979. The Hall–Kier alpha value is -3.48. The number of benzene rings is 2. The van der Waals surface area contributed by atoms with Crippen LogP contribution in [0.2, 0.25) is 0 Å². The first-order valence-corrected chi connectivity index (χ1v) is 8.89. The minimum absolute atomic E-state index is 0.154. The lowest BCUT2D eigenvalue weighted by atomic mass is 10.1. The van der Waals surface area contributed by atoms with Crippen molar-refractivity contribution >= 4 is 11.8 Å². The second-order valence-corrected chi connectivity index (χ2v) is 6.42. The maximum absolute atomic E-state index is 13.2. The molecule has 3 aromatic rings. The van der Waals surface area contributed by atoms with Gasteiger partial charge in [0.05, 0.1) is 11.3 Å². The third kappa shape index (κ3) is 4.62. The molecule has 6 nitrogen and oxygen atoms in total. The van der Waals surface area contributed by atoms with Gasteiger partial charge in [0.1, 0.15) is 11.5 Å². The molecular formula is C21H21FN4O2. The van der Waals surface area contributed by atoms with E-state index in [0.29, 0.717) is 30.0 Å². The molecule has 1 heterocycles. The molecule has 0 atom stereocenters. The Kier molecular flexibility index (Phi) is 5.84. The maximum Gasteiger partial charge on any atom is 0.255 e. The monoisotopic (exact) mass is 380 g/mol.